The maximum absolute atomic E-state index is 15.1. The first-order valence-corrected chi connectivity index (χ1v) is 29.2. The SMILES string of the molecule is Cn1c(=O)n(C2CCC(=O)CC2=O)c2cccc(CCCCCCC(=O)N3CC[C@H]4CC[C@@H](C(=O)N[C@@H](CCC(N)=O)C(=O)NC(c5ccccc5)c5ccccc5)N4C(=O)[C@@H](NC(=O)c4cc5cc(C(=O)P(=O)(O)O)ccc5[nH]4)C3)c21. The van der Waals surface area contributed by atoms with Gasteiger partial charge in [0.2, 0.25) is 29.5 Å². The molecule has 6 amide bonds. The highest BCUT2D eigenvalue weighted by Gasteiger charge is 2.46. The van der Waals surface area contributed by atoms with Crippen LogP contribution in [0.5, 0.6) is 0 Å². The molecule has 82 heavy (non-hydrogen) atoms. The van der Waals surface area contributed by atoms with Crippen molar-refractivity contribution < 1.29 is 57.5 Å². The third kappa shape index (κ3) is 13.0. The van der Waals surface area contributed by atoms with Crippen LogP contribution in [0.15, 0.2) is 108 Å². The highest BCUT2D eigenvalue weighted by Crippen LogP contribution is 2.40. The van der Waals surface area contributed by atoms with E-state index in [1.54, 1.807) is 11.6 Å². The Hall–Kier alpha value is -8.33. The van der Waals surface area contributed by atoms with Crippen LogP contribution in [-0.2, 0) is 51.6 Å². The number of benzene rings is 4. The number of nitrogens with one attached hydrogen (secondary N) is 4. The predicted octanol–water partition coefficient (Wildman–Crippen LogP) is 4.54. The summed E-state index contributed by atoms with van der Waals surface area (Å²) in [5.74, 6) is -4.05. The van der Waals surface area contributed by atoms with Gasteiger partial charge >= 0.3 is 13.3 Å². The van der Waals surface area contributed by atoms with Crippen molar-refractivity contribution in [3.63, 3.8) is 0 Å². The van der Waals surface area contributed by atoms with E-state index >= 15 is 4.79 Å². The summed E-state index contributed by atoms with van der Waals surface area (Å²) in [7, 11) is -3.46. The van der Waals surface area contributed by atoms with Gasteiger partial charge in [-0.15, -0.1) is 0 Å². The van der Waals surface area contributed by atoms with Gasteiger partial charge in [0.15, 0.2) is 5.78 Å². The van der Waals surface area contributed by atoms with Gasteiger partial charge in [-0.25, -0.2) is 4.79 Å². The zero-order valence-corrected chi connectivity index (χ0v) is 46.2. The van der Waals surface area contributed by atoms with E-state index < -0.39 is 78.9 Å². The zero-order chi connectivity index (χ0) is 58.4. The second-order valence-electron chi connectivity index (χ2n) is 21.5. The van der Waals surface area contributed by atoms with Gasteiger partial charge in [-0.1, -0.05) is 85.6 Å². The Balaban J connectivity index is 0.897. The monoisotopic (exact) mass is 1140 g/mol. The lowest BCUT2D eigenvalue weighted by Crippen LogP contribution is -2.62. The number of fused-ring (bicyclic) bond motifs is 3. The number of aryl methyl sites for hydroxylation is 2. The minimum absolute atomic E-state index is 0.0727. The summed E-state index contributed by atoms with van der Waals surface area (Å²) in [6.07, 6.45) is 4.16. The van der Waals surface area contributed by atoms with Gasteiger partial charge in [-0.2, -0.15) is 0 Å². The Morgan fingerprint density at radius 2 is 1.50 bits per heavy atom. The van der Waals surface area contributed by atoms with Crippen molar-refractivity contribution in [1.82, 2.24) is 39.9 Å². The highest BCUT2D eigenvalue weighted by molar-refractivity contribution is 7.70. The first-order chi connectivity index (χ1) is 39.3. The number of primary amides is 1. The molecule has 1 saturated carbocycles. The normalized spacial score (nSPS) is 19.0. The first kappa shape index (κ1) is 58.3. The van der Waals surface area contributed by atoms with E-state index in [-0.39, 0.29) is 97.8 Å². The molecule has 0 spiro atoms. The number of aromatic amines is 1. The molecule has 1 aliphatic carbocycles. The van der Waals surface area contributed by atoms with Crippen LogP contribution in [0.25, 0.3) is 21.9 Å². The van der Waals surface area contributed by atoms with Gasteiger partial charge in [0.05, 0.1) is 29.5 Å². The molecule has 6 aromatic rings. The number of unbranched alkanes of at least 4 members (excludes halogenated alkanes) is 3. The van der Waals surface area contributed by atoms with E-state index in [2.05, 4.69) is 20.9 Å². The number of Topliss-reactive ketones (excluding diaryl/α,β-unsaturated/α-hetero) is 2. The molecule has 5 atom stereocenters. The van der Waals surface area contributed by atoms with Crippen LogP contribution >= 0.6 is 7.60 Å². The lowest BCUT2D eigenvalue weighted by Gasteiger charge is -2.39. The molecule has 3 aliphatic rings. The van der Waals surface area contributed by atoms with Crippen LogP contribution in [0, 0.1) is 0 Å². The van der Waals surface area contributed by atoms with Crippen molar-refractivity contribution in [2.45, 2.75) is 126 Å². The Morgan fingerprint density at radius 3 is 2.18 bits per heavy atom. The van der Waals surface area contributed by atoms with E-state index in [0.29, 0.717) is 43.1 Å². The number of amides is 6. The second kappa shape index (κ2) is 25.2. The molecule has 2 aliphatic heterocycles. The van der Waals surface area contributed by atoms with Gasteiger partial charge in [0.25, 0.3) is 11.4 Å². The molecule has 430 valence electrons. The fourth-order valence-corrected chi connectivity index (χ4v) is 12.2. The van der Waals surface area contributed by atoms with E-state index in [0.717, 1.165) is 35.0 Å². The fourth-order valence-electron chi connectivity index (χ4n) is 11.7. The standard InChI is InChI=1S/C59H66N9O13P/c1-65-53-37(18-12-19-47(53)68(59(65)78)46-27-23-41(69)33-49(46)70)17-6-2-3-11-20-51(72)66-30-29-40-22-26-48(56(75)62-43(25-28-50(60)71)54(73)64-52(35-13-7-4-8-14-35)36-15-9-5-10-16-36)67(40)57(76)45(34-66)63-55(74)44-32-39-31-38(21-24-42(39)61-44)58(77)82(79,80)81/h4-5,7-10,12-16,18-19,21,24,31-32,40,43,45-46,48,52,61H,2-3,6,11,17,20,22-23,25-30,33-34H2,1H3,(H2,60,71)(H,62,75)(H,63,74)(H,64,73)(H2,79,80,81)/t40-,43+,45+,46?,48+/m1/s1. The Kier molecular flexibility index (Phi) is 17.9. The number of imidazole rings is 1. The van der Waals surface area contributed by atoms with Gasteiger partial charge < -0.3 is 46.3 Å². The predicted molar refractivity (Wildman–Crippen MR) is 301 cm³/mol. The van der Waals surface area contributed by atoms with Crippen LogP contribution in [0.4, 0.5) is 0 Å². The molecule has 0 bridgehead atoms. The number of hydrogen-bond donors (Lipinski definition) is 7. The molecule has 9 rings (SSSR count). The van der Waals surface area contributed by atoms with Crippen LogP contribution in [0.3, 0.4) is 0 Å². The topological polar surface area (TPSA) is 322 Å². The first-order valence-electron chi connectivity index (χ1n) is 27.6. The van der Waals surface area contributed by atoms with Crippen molar-refractivity contribution in [1.29, 1.82) is 0 Å². The second-order valence-corrected chi connectivity index (χ2v) is 23.0. The summed E-state index contributed by atoms with van der Waals surface area (Å²) < 4.78 is 14.8. The summed E-state index contributed by atoms with van der Waals surface area (Å²) in [6, 6.07) is 23.5. The molecule has 0 radical (unpaired) electrons. The summed E-state index contributed by atoms with van der Waals surface area (Å²) in [5.41, 5.74) is 7.64. The van der Waals surface area contributed by atoms with Gasteiger partial charge in [0.1, 0.15) is 29.6 Å². The number of carbonyl (C=O) groups excluding carboxylic acids is 9. The average Bonchev–Trinajstić information content (AvgIpc) is 4.37. The largest absolute Gasteiger partial charge is 0.396 e. The van der Waals surface area contributed by atoms with E-state index in [1.165, 1.54) is 38.6 Å². The van der Waals surface area contributed by atoms with Gasteiger partial charge in [0, 0.05) is 61.9 Å². The van der Waals surface area contributed by atoms with Crippen molar-refractivity contribution in [3.05, 3.63) is 142 Å². The zero-order valence-electron chi connectivity index (χ0n) is 45.3. The molecule has 23 heteroatoms. The van der Waals surface area contributed by atoms with E-state index in [1.807, 2.05) is 78.9 Å². The number of hydrogen-bond acceptors (Lipinski definition) is 11. The lowest BCUT2D eigenvalue weighted by molar-refractivity contribution is -0.145. The summed E-state index contributed by atoms with van der Waals surface area (Å²) in [5, 5.41) is 8.89. The molecule has 4 aromatic carbocycles. The maximum Gasteiger partial charge on any atom is 0.396 e. The average molecular weight is 1140 g/mol. The number of ketones is 2. The van der Waals surface area contributed by atoms with Crippen molar-refractivity contribution in [3.8, 4) is 0 Å². The molecule has 2 aromatic heterocycles. The third-order valence-corrected chi connectivity index (χ3v) is 16.7. The third-order valence-electron chi connectivity index (χ3n) is 15.9. The fraction of sp³-hybridized carbons (Fsp3) is 0.390. The van der Waals surface area contributed by atoms with Crippen molar-refractivity contribution >= 4 is 82.1 Å². The summed E-state index contributed by atoms with van der Waals surface area (Å²) in [6.45, 7) is -0.0941. The van der Waals surface area contributed by atoms with Crippen LogP contribution in [0.2, 0.25) is 0 Å². The molecular weight excluding hydrogens is 1070 g/mol. The highest BCUT2D eigenvalue weighted by atomic mass is 31.2. The van der Waals surface area contributed by atoms with Gasteiger partial charge in [-0.3, -0.25) is 56.9 Å². The number of para-hydroxylation sites is 1. The number of rotatable bonds is 21. The van der Waals surface area contributed by atoms with Crippen LogP contribution < -0.4 is 27.4 Å². The molecule has 22 nitrogen and oxygen atoms in total. The Labute approximate surface area is 471 Å². The summed E-state index contributed by atoms with van der Waals surface area (Å²) in [4.78, 5) is 160. The molecule has 4 heterocycles. The lowest BCUT2D eigenvalue weighted by atomic mass is 9.92. The van der Waals surface area contributed by atoms with Crippen molar-refractivity contribution in [2.24, 2.45) is 12.8 Å². The number of aromatic nitrogens is 3. The van der Waals surface area contributed by atoms with E-state index in [4.69, 9.17) is 5.73 Å². The van der Waals surface area contributed by atoms with Crippen LogP contribution in [0.1, 0.15) is 133 Å². The molecule has 8 N–H and O–H groups in total. The number of carbonyl (C=O) groups is 9. The van der Waals surface area contributed by atoms with Gasteiger partial charge in [-0.05, 0) is 98.4 Å². The minimum Gasteiger partial charge on any atom is -0.370 e. The summed E-state index contributed by atoms with van der Waals surface area (Å²) >= 11 is 0. The molecule has 3 fully saturated rings. The van der Waals surface area contributed by atoms with Crippen LogP contribution in [-0.4, -0.2) is 123 Å². The van der Waals surface area contributed by atoms with Crippen molar-refractivity contribution in [2.75, 3.05) is 13.1 Å². The molecule has 2 saturated heterocycles. The smallest absolute Gasteiger partial charge is 0.370 e. The Bertz CT molecular complexity index is 3530. The van der Waals surface area contributed by atoms with E-state index in [9.17, 15) is 57.5 Å². The Morgan fingerprint density at radius 1 is 0.793 bits per heavy atom. The molecular formula is C59H66N9O13P. The number of nitrogens with zero attached hydrogens (tertiary/aromatic N) is 4. The quantitative estimate of drug-likeness (QED) is 0.0296. The maximum atomic E-state index is 15.1. The number of H-pyrrole nitrogens is 1. The minimum atomic E-state index is -5.13. The number of nitrogens with two attached hydrogens (primary N) is 1. The molecule has 1 unspecified atom stereocenters.